The average molecular weight is 239 g/mol. The Morgan fingerprint density at radius 3 is 2.65 bits per heavy atom. The number of hydrogen-bond donors (Lipinski definition) is 2. The topological polar surface area (TPSA) is 84.2 Å². The van der Waals surface area contributed by atoms with Crippen LogP contribution in [0.3, 0.4) is 0 Å². The predicted molar refractivity (Wildman–Crippen MR) is 61.4 cm³/mol. The van der Waals surface area contributed by atoms with Gasteiger partial charge in [-0.05, 0) is 13.8 Å². The zero-order valence-corrected chi connectivity index (χ0v) is 10.2. The molecule has 0 spiro atoms. The van der Waals surface area contributed by atoms with Gasteiger partial charge in [0.1, 0.15) is 0 Å². The molecule has 1 atom stereocenters. The Kier molecular flexibility index (Phi) is 4.25. The molecule has 1 rings (SSSR count). The quantitative estimate of drug-likeness (QED) is 0.795. The third-order valence-electron chi connectivity index (χ3n) is 2.68. The van der Waals surface area contributed by atoms with Gasteiger partial charge in [-0.25, -0.2) is 0 Å². The maximum atomic E-state index is 11.4. The monoisotopic (exact) mass is 239 g/mol. The van der Waals surface area contributed by atoms with E-state index in [1.807, 2.05) is 20.9 Å². The lowest BCUT2D eigenvalue weighted by Gasteiger charge is -2.13. The highest BCUT2D eigenvalue weighted by Gasteiger charge is 2.14. The minimum absolute atomic E-state index is 0.00101. The molecule has 1 aromatic heterocycles. The van der Waals surface area contributed by atoms with Gasteiger partial charge in [0.15, 0.2) is 0 Å². The van der Waals surface area contributed by atoms with Crippen molar-refractivity contribution in [1.29, 1.82) is 0 Å². The van der Waals surface area contributed by atoms with E-state index >= 15 is 0 Å². The summed E-state index contributed by atoms with van der Waals surface area (Å²) in [6, 6.07) is -0.162. The first kappa shape index (κ1) is 13.2. The van der Waals surface area contributed by atoms with E-state index in [2.05, 4.69) is 10.4 Å². The summed E-state index contributed by atoms with van der Waals surface area (Å²) in [4.78, 5) is 21.8. The minimum Gasteiger partial charge on any atom is -0.481 e. The summed E-state index contributed by atoms with van der Waals surface area (Å²) < 4.78 is 1.73. The molecule has 0 bridgehead atoms. The van der Waals surface area contributed by atoms with E-state index in [-0.39, 0.29) is 24.8 Å². The van der Waals surface area contributed by atoms with E-state index in [0.717, 1.165) is 11.3 Å². The highest BCUT2D eigenvalue weighted by Crippen LogP contribution is 2.15. The Hall–Kier alpha value is -1.85. The van der Waals surface area contributed by atoms with Crippen molar-refractivity contribution in [2.75, 3.05) is 0 Å². The second-order valence-corrected chi connectivity index (χ2v) is 3.99. The standard InChI is InChI=1S/C11H17N3O3/c1-7(9-6-12-14(3)8(9)2)13-10(15)4-5-11(16)17/h6-7H,4-5H2,1-3H3,(H,13,15)(H,16,17)/t7-/m0/s1. The number of nitrogens with zero attached hydrogens (tertiary/aromatic N) is 2. The summed E-state index contributed by atoms with van der Waals surface area (Å²) in [6.45, 7) is 3.77. The summed E-state index contributed by atoms with van der Waals surface area (Å²) >= 11 is 0. The van der Waals surface area contributed by atoms with Crippen molar-refractivity contribution in [3.8, 4) is 0 Å². The molecule has 6 heteroatoms. The van der Waals surface area contributed by atoms with Crippen molar-refractivity contribution in [2.45, 2.75) is 32.7 Å². The van der Waals surface area contributed by atoms with E-state index in [0.29, 0.717) is 0 Å². The number of carbonyl (C=O) groups excluding carboxylic acids is 1. The second kappa shape index (κ2) is 5.47. The van der Waals surface area contributed by atoms with Crippen LogP contribution in [0.4, 0.5) is 0 Å². The first-order chi connectivity index (χ1) is 7.91. The number of nitrogens with one attached hydrogen (secondary N) is 1. The number of carboxylic acid groups (broad SMARTS) is 1. The third kappa shape index (κ3) is 3.58. The lowest BCUT2D eigenvalue weighted by atomic mass is 10.1. The Balaban J connectivity index is 2.54. The van der Waals surface area contributed by atoms with Gasteiger partial charge >= 0.3 is 5.97 Å². The second-order valence-electron chi connectivity index (χ2n) is 3.99. The fourth-order valence-corrected chi connectivity index (χ4v) is 1.55. The first-order valence-electron chi connectivity index (χ1n) is 5.41. The zero-order valence-electron chi connectivity index (χ0n) is 10.2. The van der Waals surface area contributed by atoms with Crippen LogP contribution >= 0.6 is 0 Å². The summed E-state index contributed by atoms with van der Waals surface area (Å²) in [5.74, 6) is -1.23. The smallest absolute Gasteiger partial charge is 0.303 e. The molecule has 0 aromatic carbocycles. The maximum absolute atomic E-state index is 11.4. The van der Waals surface area contributed by atoms with Gasteiger partial charge in [-0.2, -0.15) is 5.10 Å². The number of carbonyl (C=O) groups is 2. The minimum atomic E-state index is -0.967. The number of aromatic nitrogens is 2. The molecule has 0 saturated carbocycles. The van der Waals surface area contributed by atoms with E-state index in [1.54, 1.807) is 10.9 Å². The Morgan fingerprint density at radius 2 is 2.18 bits per heavy atom. The normalized spacial score (nSPS) is 12.2. The number of aliphatic carboxylic acids is 1. The molecule has 0 fully saturated rings. The molecule has 94 valence electrons. The van der Waals surface area contributed by atoms with Gasteiger partial charge in [0.25, 0.3) is 0 Å². The van der Waals surface area contributed by atoms with Gasteiger partial charge in [0, 0.05) is 24.7 Å². The Labute approximate surface area is 99.6 Å². The van der Waals surface area contributed by atoms with Crippen molar-refractivity contribution >= 4 is 11.9 Å². The van der Waals surface area contributed by atoms with Crippen LogP contribution in [0.15, 0.2) is 6.20 Å². The Morgan fingerprint density at radius 1 is 1.53 bits per heavy atom. The summed E-state index contributed by atoms with van der Waals surface area (Å²) in [5.41, 5.74) is 1.92. The summed E-state index contributed by atoms with van der Waals surface area (Å²) in [5, 5.41) is 15.3. The molecule has 0 saturated heterocycles. The average Bonchev–Trinajstić information content (AvgIpc) is 2.57. The molecule has 1 aromatic rings. The number of amides is 1. The molecule has 0 aliphatic rings. The van der Waals surface area contributed by atoms with Gasteiger partial charge in [-0.15, -0.1) is 0 Å². The van der Waals surface area contributed by atoms with Crippen LogP contribution in [0.25, 0.3) is 0 Å². The molecule has 2 N–H and O–H groups in total. The van der Waals surface area contributed by atoms with Gasteiger partial charge < -0.3 is 10.4 Å². The van der Waals surface area contributed by atoms with Crippen LogP contribution in [0.1, 0.15) is 37.1 Å². The van der Waals surface area contributed by atoms with Gasteiger partial charge in [-0.3, -0.25) is 14.3 Å². The third-order valence-corrected chi connectivity index (χ3v) is 2.68. The van der Waals surface area contributed by atoms with Crippen LogP contribution in [0.5, 0.6) is 0 Å². The molecule has 6 nitrogen and oxygen atoms in total. The van der Waals surface area contributed by atoms with Crippen molar-refractivity contribution < 1.29 is 14.7 Å². The van der Waals surface area contributed by atoms with Crippen molar-refractivity contribution in [3.05, 3.63) is 17.5 Å². The molecular formula is C11H17N3O3. The van der Waals surface area contributed by atoms with E-state index in [4.69, 9.17) is 5.11 Å². The maximum Gasteiger partial charge on any atom is 0.303 e. The molecule has 0 unspecified atom stereocenters. The number of carboxylic acids is 1. The molecule has 0 radical (unpaired) electrons. The van der Waals surface area contributed by atoms with E-state index < -0.39 is 5.97 Å². The lowest BCUT2D eigenvalue weighted by molar-refractivity contribution is -0.138. The van der Waals surface area contributed by atoms with Crippen molar-refractivity contribution in [1.82, 2.24) is 15.1 Å². The highest BCUT2D eigenvalue weighted by atomic mass is 16.4. The fraction of sp³-hybridized carbons (Fsp3) is 0.545. The van der Waals surface area contributed by atoms with Crippen LogP contribution in [0, 0.1) is 6.92 Å². The molecular weight excluding hydrogens is 222 g/mol. The number of rotatable bonds is 5. The first-order valence-corrected chi connectivity index (χ1v) is 5.41. The molecule has 1 amide bonds. The van der Waals surface area contributed by atoms with Crippen molar-refractivity contribution in [2.24, 2.45) is 7.05 Å². The van der Waals surface area contributed by atoms with E-state index in [1.165, 1.54) is 0 Å². The number of aryl methyl sites for hydroxylation is 1. The van der Waals surface area contributed by atoms with Crippen LogP contribution < -0.4 is 5.32 Å². The zero-order chi connectivity index (χ0) is 13.0. The van der Waals surface area contributed by atoms with Gasteiger partial charge in [0.05, 0.1) is 18.7 Å². The molecule has 17 heavy (non-hydrogen) atoms. The highest BCUT2D eigenvalue weighted by molar-refractivity contribution is 5.80. The summed E-state index contributed by atoms with van der Waals surface area (Å²) in [6.07, 6.45) is 1.56. The largest absolute Gasteiger partial charge is 0.481 e. The molecule has 0 aliphatic carbocycles. The molecule has 1 heterocycles. The van der Waals surface area contributed by atoms with Crippen molar-refractivity contribution in [3.63, 3.8) is 0 Å². The Bertz CT molecular complexity index is 426. The van der Waals surface area contributed by atoms with Gasteiger partial charge in [-0.1, -0.05) is 0 Å². The predicted octanol–water partition coefficient (Wildman–Crippen LogP) is 0.771. The van der Waals surface area contributed by atoms with Crippen LogP contribution in [-0.2, 0) is 16.6 Å². The fourth-order valence-electron chi connectivity index (χ4n) is 1.55. The van der Waals surface area contributed by atoms with Gasteiger partial charge in [0.2, 0.25) is 5.91 Å². The summed E-state index contributed by atoms with van der Waals surface area (Å²) in [7, 11) is 1.83. The van der Waals surface area contributed by atoms with Crippen LogP contribution in [-0.4, -0.2) is 26.8 Å². The van der Waals surface area contributed by atoms with E-state index in [9.17, 15) is 9.59 Å². The van der Waals surface area contributed by atoms with Crippen LogP contribution in [0.2, 0.25) is 0 Å². The SMILES string of the molecule is Cc1c([C@H](C)NC(=O)CCC(=O)O)cnn1C. The lowest BCUT2D eigenvalue weighted by Crippen LogP contribution is -2.27. The molecule has 0 aliphatic heterocycles. The number of hydrogen-bond acceptors (Lipinski definition) is 3.